The average molecular weight is 347 g/mol. The number of aliphatic hydroxyl groups excluding tert-OH is 1. The molecule has 4 nitrogen and oxygen atoms in total. The lowest BCUT2D eigenvalue weighted by Gasteiger charge is -2.46. The third kappa shape index (κ3) is 5.96. The first kappa shape index (κ1) is 22.8. The molecule has 0 amide bonds. The molecule has 5 heteroatoms. The van der Waals surface area contributed by atoms with E-state index in [2.05, 4.69) is 41.5 Å². The van der Waals surface area contributed by atoms with Gasteiger partial charge in [0.05, 0.1) is 18.8 Å². The molecule has 138 valence electrons. The number of ketones is 1. The maximum atomic E-state index is 11.4. The van der Waals surface area contributed by atoms with Gasteiger partial charge in [0.1, 0.15) is 5.78 Å². The Morgan fingerprint density at radius 1 is 1.00 bits per heavy atom. The maximum absolute atomic E-state index is 11.4. The van der Waals surface area contributed by atoms with Gasteiger partial charge >= 0.3 is 0 Å². The third-order valence-corrected chi connectivity index (χ3v) is 11.1. The van der Waals surface area contributed by atoms with Crippen molar-refractivity contribution in [2.45, 2.75) is 90.6 Å². The lowest BCUT2D eigenvalue weighted by atomic mass is 9.95. The highest BCUT2D eigenvalue weighted by Gasteiger charge is 2.47. The number of ether oxygens (including phenoxy) is 1. The second kappa shape index (κ2) is 9.92. The maximum Gasteiger partial charge on any atom is 0.201 e. The fraction of sp³-hybridized carbons (Fsp3) is 0.944. The first-order chi connectivity index (χ1) is 10.5. The standard InChI is InChI=1S/C18H38O4Si/c1-12(2)23(13(3)4,14(5)6)22-17(11-21-9)18(20)15(7)10-16(8)19/h12-15,17-18,20H,10-11H2,1-9H3/t15-,17+,18+/m1/s1. The molecule has 0 aliphatic rings. The Balaban J connectivity index is 5.46. The van der Waals surface area contributed by atoms with E-state index < -0.39 is 14.4 Å². The van der Waals surface area contributed by atoms with Gasteiger partial charge in [0.2, 0.25) is 8.32 Å². The summed E-state index contributed by atoms with van der Waals surface area (Å²) in [7, 11) is -0.474. The molecule has 0 aliphatic carbocycles. The van der Waals surface area contributed by atoms with Crippen LogP contribution >= 0.6 is 0 Å². The summed E-state index contributed by atoms with van der Waals surface area (Å²) in [5.41, 5.74) is 1.33. The van der Waals surface area contributed by atoms with Crippen LogP contribution in [0, 0.1) is 5.92 Å². The van der Waals surface area contributed by atoms with Crippen molar-refractivity contribution in [3.8, 4) is 0 Å². The highest BCUT2D eigenvalue weighted by Crippen LogP contribution is 2.43. The van der Waals surface area contributed by atoms with E-state index in [1.54, 1.807) is 14.0 Å². The van der Waals surface area contributed by atoms with Gasteiger partial charge in [-0.1, -0.05) is 48.5 Å². The van der Waals surface area contributed by atoms with Crippen molar-refractivity contribution in [3.63, 3.8) is 0 Å². The molecule has 0 bridgehead atoms. The molecule has 0 aliphatic heterocycles. The highest BCUT2D eigenvalue weighted by molar-refractivity contribution is 6.77. The normalized spacial score (nSPS) is 16.9. The number of hydrogen-bond acceptors (Lipinski definition) is 4. The van der Waals surface area contributed by atoms with Crippen molar-refractivity contribution in [1.82, 2.24) is 0 Å². The summed E-state index contributed by atoms with van der Waals surface area (Å²) in [6.45, 7) is 17.2. The second-order valence-electron chi connectivity index (χ2n) is 7.80. The highest BCUT2D eigenvalue weighted by atomic mass is 28.4. The van der Waals surface area contributed by atoms with Crippen molar-refractivity contribution in [2.75, 3.05) is 13.7 Å². The lowest BCUT2D eigenvalue weighted by molar-refractivity contribution is -0.119. The summed E-state index contributed by atoms with van der Waals surface area (Å²) in [6, 6.07) is 0. The van der Waals surface area contributed by atoms with Gasteiger partial charge in [-0.3, -0.25) is 0 Å². The van der Waals surface area contributed by atoms with Crippen molar-refractivity contribution in [3.05, 3.63) is 0 Å². The van der Waals surface area contributed by atoms with Crippen LogP contribution in [-0.4, -0.2) is 45.1 Å². The molecular weight excluding hydrogens is 308 g/mol. The topological polar surface area (TPSA) is 55.8 Å². The van der Waals surface area contributed by atoms with Gasteiger partial charge in [-0.15, -0.1) is 0 Å². The van der Waals surface area contributed by atoms with Crippen LogP contribution in [0.2, 0.25) is 16.6 Å². The Hall–Kier alpha value is -0.233. The van der Waals surface area contributed by atoms with Gasteiger partial charge in [-0.25, -0.2) is 0 Å². The molecule has 0 aromatic rings. The largest absolute Gasteiger partial charge is 0.408 e. The number of methoxy groups -OCH3 is 1. The SMILES string of the molecule is COC[C@H](O[Si](C(C)C)(C(C)C)C(C)C)[C@@H](O)[C@H](C)CC(C)=O. The van der Waals surface area contributed by atoms with Gasteiger partial charge in [-0.05, 0) is 29.5 Å². The van der Waals surface area contributed by atoms with E-state index in [-0.39, 0.29) is 17.8 Å². The summed E-state index contributed by atoms with van der Waals surface area (Å²) in [5, 5.41) is 10.7. The minimum Gasteiger partial charge on any atom is -0.408 e. The van der Waals surface area contributed by atoms with Gasteiger partial charge in [0.15, 0.2) is 0 Å². The van der Waals surface area contributed by atoms with Gasteiger partial charge in [0, 0.05) is 13.5 Å². The van der Waals surface area contributed by atoms with Crippen molar-refractivity contribution >= 4 is 14.1 Å². The van der Waals surface area contributed by atoms with E-state index in [4.69, 9.17) is 9.16 Å². The summed E-state index contributed by atoms with van der Waals surface area (Å²) < 4.78 is 12.0. The van der Waals surface area contributed by atoms with Gasteiger partial charge in [-0.2, -0.15) is 0 Å². The zero-order valence-electron chi connectivity index (χ0n) is 16.6. The summed E-state index contributed by atoms with van der Waals surface area (Å²) in [5.74, 6) is -0.0429. The molecule has 0 heterocycles. The van der Waals surface area contributed by atoms with Crippen LogP contribution in [0.25, 0.3) is 0 Å². The first-order valence-corrected chi connectivity index (χ1v) is 11.0. The predicted molar refractivity (Wildman–Crippen MR) is 98.3 cm³/mol. The molecular formula is C18H38O4Si. The first-order valence-electron chi connectivity index (χ1n) is 8.84. The quantitative estimate of drug-likeness (QED) is 0.571. The number of hydrogen-bond donors (Lipinski definition) is 1. The Morgan fingerprint density at radius 2 is 1.43 bits per heavy atom. The molecule has 0 aromatic carbocycles. The van der Waals surface area contributed by atoms with Crippen LogP contribution in [0.3, 0.4) is 0 Å². The minimum absolute atomic E-state index is 0.0906. The second-order valence-corrected chi connectivity index (χ2v) is 13.2. The van der Waals surface area contributed by atoms with E-state index in [0.717, 1.165) is 0 Å². The molecule has 3 atom stereocenters. The molecule has 0 radical (unpaired) electrons. The van der Waals surface area contributed by atoms with Gasteiger partial charge < -0.3 is 19.1 Å². The fourth-order valence-corrected chi connectivity index (χ4v) is 9.53. The molecule has 23 heavy (non-hydrogen) atoms. The van der Waals surface area contributed by atoms with E-state index in [0.29, 0.717) is 29.7 Å². The number of carbonyl (C=O) groups excluding carboxylic acids is 1. The predicted octanol–water partition coefficient (Wildman–Crippen LogP) is 4.17. The molecule has 0 spiro atoms. The van der Waals surface area contributed by atoms with Crippen molar-refractivity contribution < 1.29 is 19.1 Å². The number of carbonyl (C=O) groups is 1. The fourth-order valence-electron chi connectivity index (χ4n) is 3.98. The van der Waals surface area contributed by atoms with Crippen molar-refractivity contribution in [2.24, 2.45) is 5.92 Å². The van der Waals surface area contributed by atoms with E-state index in [1.807, 2.05) is 6.92 Å². The van der Waals surface area contributed by atoms with Crippen LogP contribution in [0.4, 0.5) is 0 Å². The van der Waals surface area contributed by atoms with Crippen LogP contribution in [0.1, 0.15) is 61.8 Å². The number of Topliss-reactive ketones (excluding diaryl/α,β-unsaturated/α-hetero) is 1. The smallest absolute Gasteiger partial charge is 0.201 e. The van der Waals surface area contributed by atoms with E-state index in [9.17, 15) is 9.90 Å². The number of aliphatic hydroxyl groups is 1. The lowest BCUT2D eigenvalue weighted by Crippen LogP contribution is -2.54. The zero-order valence-corrected chi connectivity index (χ0v) is 17.6. The van der Waals surface area contributed by atoms with Crippen molar-refractivity contribution in [1.29, 1.82) is 0 Å². The van der Waals surface area contributed by atoms with E-state index in [1.165, 1.54) is 0 Å². The molecule has 0 saturated heterocycles. The summed E-state index contributed by atoms with van der Waals surface area (Å²) in [6.07, 6.45) is -0.708. The Kier molecular flexibility index (Phi) is 9.82. The summed E-state index contributed by atoms with van der Waals surface area (Å²) in [4.78, 5) is 11.4. The zero-order chi connectivity index (χ0) is 18.4. The van der Waals surface area contributed by atoms with Crippen LogP contribution < -0.4 is 0 Å². The molecule has 0 unspecified atom stereocenters. The minimum atomic E-state index is -2.10. The molecule has 0 fully saturated rings. The third-order valence-electron chi connectivity index (χ3n) is 4.97. The number of rotatable bonds is 11. The molecule has 0 aromatic heterocycles. The average Bonchev–Trinajstić information content (AvgIpc) is 2.40. The Labute approximate surface area is 144 Å². The molecule has 1 N–H and O–H groups in total. The van der Waals surface area contributed by atoms with Gasteiger partial charge in [0.25, 0.3) is 0 Å². The van der Waals surface area contributed by atoms with Crippen LogP contribution in [-0.2, 0) is 14.0 Å². The van der Waals surface area contributed by atoms with Crippen LogP contribution in [0.15, 0.2) is 0 Å². The van der Waals surface area contributed by atoms with E-state index >= 15 is 0 Å². The molecule has 0 saturated carbocycles. The molecule has 0 rings (SSSR count). The Bertz CT molecular complexity index is 333. The van der Waals surface area contributed by atoms with Crippen LogP contribution in [0.5, 0.6) is 0 Å². The summed E-state index contributed by atoms with van der Waals surface area (Å²) >= 11 is 0. The Morgan fingerprint density at radius 3 is 1.74 bits per heavy atom. The monoisotopic (exact) mass is 346 g/mol.